The van der Waals surface area contributed by atoms with Gasteiger partial charge in [0.05, 0.1) is 5.69 Å². The number of carbonyl (C=O) groups excluding carboxylic acids is 2. The summed E-state index contributed by atoms with van der Waals surface area (Å²) in [5.41, 5.74) is 0.0725. The molecule has 0 saturated carbocycles. The van der Waals surface area contributed by atoms with E-state index in [1.165, 1.54) is 18.2 Å². The van der Waals surface area contributed by atoms with Crippen molar-refractivity contribution >= 4 is 17.7 Å². The molecule has 1 aliphatic rings. The van der Waals surface area contributed by atoms with Crippen LogP contribution in [0.2, 0.25) is 0 Å². The van der Waals surface area contributed by atoms with Crippen molar-refractivity contribution in [2.45, 2.75) is 19.9 Å². The van der Waals surface area contributed by atoms with Gasteiger partial charge in [0.25, 0.3) is 0 Å². The van der Waals surface area contributed by atoms with E-state index >= 15 is 0 Å². The van der Waals surface area contributed by atoms with Gasteiger partial charge in [-0.3, -0.25) is 0 Å². The summed E-state index contributed by atoms with van der Waals surface area (Å²) in [6, 6.07) is 4.95. The fourth-order valence-corrected chi connectivity index (χ4v) is 1.97. The van der Waals surface area contributed by atoms with Crippen molar-refractivity contribution in [2.75, 3.05) is 18.4 Å². The molecule has 1 aromatic carbocycles. The highest BCUT2D eigenvalue weighted by Gasteiger charge is 2.34. The molecule has 0 spiro atoms. The van der Waals surface area contributed by atoms with E-state index in [2.05, 4.69) is 5.32 Å². The van der Waals surface area contributed by atoms with Crippen LogP contribution in [-0.4, -0.2) is 41.0 Å². The number of halogens is 1. The summed E-state index contributed by atoms with van der Waals surface area (Å²) < 4.78 is 13.4. The molecule has 1 N–H and O–H groups in total. The Morgan fingerprint density at radius 2 is 2.00 bits per heavy atom. The summed E-state index contributed by atoms with van der Waals surface area (Å²) in [6.07, 6.45) is 0. The van der Waals surface area contributed by atoms with Crippen LogP contribution in [0.3, 0.4) is 0 Å². The lowest BCUT2D eigenvalue weighted by Gasteiger charge is -2.21. The van der Waals surface area contributed by atoms with Crippen LogP contribution < -0.4 is 5.32 Å². The van der Waals surface area contributed by atoms with Crippen molar-refractivity contribution in [3.8, 4) is 0 Å². The van der Waals surface area contributed by atoms with Crippen molar-refractivity contribution in [3.63, 3.8) is 0 Å². The van der Waals surface area contributed by atoms with Crippen LogP contribution in [0.25, 0.3) is 0 Å². The Kier molecular flexibility index (Phi) is 3.69. The molecule has 1 aliphatic heterocycles. The first-order valence-electron chi connectivity index (χ1n) is 6.14. The highest BCUT2D eigenvalue weighted by molar-refractivity contribution is 6.01. The van der Waals surface area contributed by atoms with Crippen molar-refractivity contribution in [2.24, 2.45) is 0 Å². The third-order valence-electron chi connectivity index (χ3n) is 3.03. The first-order chi connectivity index (χ1) is 9.00. The van der Waals surface area contributed by atoms with Crippen molar-refractivity contribution in [1.82, 2.24) is 9.80 Å². The molecule has 1 heterocycles. The Labute approximate surface area is 111 Å². The summed E-state index contributed by atoms with van der Waals surface area (Å²) in [5, 5.41) is 2.41. The van der Waals surface area contributed by atoms with Crippen molar-refractivity contribution in [1.29, 1.82) is 0 Å². The van der Waals surface area contributed by atoms with Gasteiger partial charge >= 0.3 is 12.1 Å². The van der Waals surface area contributed by atoms with Crippen LogP contribution >= 0.6 is 0 Å². The Morgan fingerprint density at radius 1 is 1.32 bits per heavy atom. The standard InChI is InChI=1S/C13H16FN3O2/c1-9(2)16-7-8-17(13(16)19)12(18)15-11-6-4-3-5-10(11)14/h3-6,9H,7-8H2,1-2H3,(H,15,18). The van der Waals surface area contributed by atoms with E-state index in [1.54, 1.807) is 11.0 Å². The largest absolute Gasteiger partial charge is 0.330 e. The summed E-state index contributed by atoms with van der Waals surface area (Å²) in [7, 11) is 0. The Hall–Kier alpha value is -2.11. The molecule has 1 aromatic rings. The third-order valence-corrected chi connectivity index (χ3v) is 3.03. The number of carbonyl (C=O) groups is 2. The van der Waals surface area contributed by atoms with E-state index in [9.17, 15) is 14.0 Å². The van der Waals surface area contributed by atoms with E-state index in [4.69, 9.17) is 0 Å². The maximum atomic E-state index is 13.4. The number of amides is 4. The Morgan fingerprint density at radius 3 is 2.58 bits per heavy atom. The number of nitrogens with zero attached hydrogens (tertiary/aromatic N) is 2. The summed E-state index contributed by atoms with van der Waals surface area (Å²) in [5.74, 6) is -0.525. The van der Waals surface area contributed by atoms with Crippen LogP contribution in [0.5, 0.6) is 0 Å². The van der Waals surface area contributed by atoms with Crippen LogP contribution in [0.4, 0.5) is 19.7 Å². The number of nitrogens with one attached hydrogen (secondary N) is 1. The van der Waals surface area contributed by atoms with Crippen LogP contribution in [0, 0.1) is 5.82 Å². The third kappa shape index (κ3) is 2.67. The summed E-state index contributed by atoms with van der Waals surface area (Å²) >= 11 is 0. The minimum atomic E-state index is -0.599. The second-order valence-corrected chi connectivity index (χ2v) is 4.63. The van der Waals surface area contributed by atoms with Gasteiger partial charge < -0.3 is 10.2 Å². The van der Waals surface area contributed by atoms with E-state index in [0.717, 1.165) is 4.90 Å². The molecule has 0 aliphatic carbocycles. The fraction of sp³-hybridized carbons (Fsp3) is 0.385. The SMILES string of the molecule is CC(C)N1CCN(C(=O)Nc2ccccc2F)C1=O. The van der Waals surface area contributed by atoms with Crippen molar-refractivity contribution < 1.29 is 14.0 Å². The number of hydrogen-bond donors (Lipinski definition) is 1. The maximum absolute atomic E-state index is 13.4. The molecule has 2 rings (SSSR count). The van der Waals surface area contributed by atoms with Gasteiger partial charge in [-0.25, -0.2) is 18.9 Å². The fourth-order valence-electron chi connectivity index (χ4n) is 1.97. The van der Waals surface area contributed by atoms with Crippen molar-refractivity contribution in [3.05, 3.63) is 30.1 Å². The predicted octanol–water partition coefficient (Wildman–Crippen LogP) is 2.50. The number of urea groups is 2. The van der Waals surface area contributed by atoms with Gasteiger partial charge in [-0.15, -0.1) is 0 Å². The van der Waals surface area contributed by atoms with Crippen LogP contribution in [-0.2, 0) is 0 Å². The zero-order chi connectivity index (χ0) is 14.0. The number of hydrogen-bond acceptors (Lipinski definition) is 2. The Bertz CT molecular complexity index is 504. The Balaban J connectivity index is 2.06. The van der Waals surface area contributed by atoms with Crippen LogP contribution in [0.1, 0.15) is 13.8 Å². The van der Waals surface area contributed by atoms with E-state index in [0.29, 0.717) is 13.1 Å². The van der Waals surface area contributed by atoms with Gasteiger partial charge in [-0.2, -0.15) is 0 Å². The van der Waals surface area contributed by atoms with Crippen LogP contribution in [0.15, 0.2) is 24.3 Å². The molecule has 0 unspecified atom stereocenters. The molecule has 0 atom stereocenters. The molecule has 0 radical (unpaired) electrons. The topological polar surface area (TPSA) is 52.6 Å². The molecule has 1 saturated heterocycles. The number of rotatable bonds is 2. The molecular formula is C13H16FN3O2. The van der Waals surface area contributed by atoms with Gasteiger partial charge in [0, 0.05) is 19.1 Å². The molecule has 19 heavy (non-hydrogen) atoms. The summed E-state index contributed by atoms with van der Waals surface area (Å²) in [6.45, 7) is 4.59. The second kappa shape index (κ2) is 5.26. The zero-order valence-corrected chi connectivity index (χ0v) is 10.9. The highest BCUT2D eigenvalue weighted by atomic mass is 19.1. The lowest BCUT2D eigenvalue weighted by atomic mass is 10.3. The molecule has 0 aromatic heterocycles. The number of benzene rings is 1. The molecule has 4 amide bonds. The first kappa shape index (κ1) is 13.3. The maximum Gasteiger partial charge on any atom is 0.330 e. The van der Waals surface area contributed by atoms with E-state index < -0.39 is 11.8 Å². The molecule has 0 bridgehead atoms. The van der Waals surface area contributed by atoms with E-state index in [-0.39, 0.29) is 17.8 Å². The zero-order valence-electron chi connectivity index (χ0n) is 10.9. The average molecular weight is 265 g/mol. The molecule has 5 nitrogen and oxygen atoms in total. The monoisotopic (exact) mass is 265 g/mol. The van der Waals surface area contributed by atoms with Gasteiger partial charge in [0.1, 0.15) is 5.82 Å². The molecule has 102 valence electrons. The molecule has 6 heteroatoms. The van der Waals surface area contributed by atoms with Gasteiger partial charge in [-0.1, -0.05) is 12.1 Å². The van der Waals surface area contributed by atoms with Gasteiger partial charge in [0.15, 0.2) is 0 Å². The minimum Gasteiger partial charge on any atom is -0.320 e. The van der Waals surface area contributed by atoms with Gasteiger partial charge in [0.2, 0.25) is 0 Å². The molecule has 1 fully saturated rings. The highest BCUT2D eigenvalue weighted by Crippen LogP contribution is 2.16. The number of anilines is 1. The van der Waals surface area contributed by atoms with E-state index in [1.807, 2.05) is 13.8 Å². The second-order valence-electron chi connectivity index (χ2n) is 4.63. The predicted molar refractivity (Wildman–Crippen MR) is 69.4 cm³/mol. The smallest absolute Gasteiger partial charge is 0.320 e. The lowest BCUT2D eigenvalue weighted by Crippen LogP contribution is -2.41. The lowest BCUT2D eigenvalue weighted by molar-refractivity contribution is 0.183. The average Bonchev–Trinajstić information content (AvgIpc) is 2.74. The number of para-hydroxylation sites is 1. The quantitative estimate of drug-likeness (QED) is 0.893. The molecular weight excluding hydrogens is 249 g/mol. The van der Waals surface area contributed by atoms with Gasteiger partial charge in [-0.05, 0) is 26.0 Å². The summed E-state index contributed by atoms with van der Waals surface area (Å²) in [4.78, 5) is 26.6. The normalized spacial score (nSPS) is 15.3. The number of imide groups is 1. The minimum absolute atomic E-state index is 0.0405. The first-order valence-corrected chi connectivity index (χ1v) is 6.14.